The first-order valence-corrected chi connectivity index (χ1v) is 8.16. The van der Waals surface area contributed by atoms with Crippen LogP contribution in [0.2, 0.25) is 5.02 Å². The van der Waals surface area contributed by atoms with E-state index in [-0.39, 0.29) is 26.5 Å². The molecule has 0 radical (unpaired) electrons. The molecule has 1 aromatic rings. The van der Waals surface area contributed by atoms with Crippen LogP contribution in [0.5, 0.6) is 0 Å². The lowest BCUT2D eigenvalue weighted by Crippen LogP contribution is -2.24. The van der Waals surface area contributed by atoms with Gasteiger partial charge in [0.15, 0.2) is 0 Å². The van der Waals surface area contributed by atoms with Gasteiger partial charge in [-0.05, 0) is 41.9 Å². The molecule has 1 rings (SSSR count). The Morgan fingerprint density at radius 1 is 1.45 bits per heavy atom. The predicted octanol–water partition coefficient (Wildman–Crippen LogP) is 3.05. The van der Waals surface area contributed by atoms with Crippen molar-refractivity contribution in [3.05, 3.63) is 38.8 Å². The summed E-state index contributed by atoms with van der Waals surface area (Å²) in [5.74, 6) is -1.29. The molecule has 0 spiro atoms. The zero-order valence-electron chi connectivity index (χ0n) is 10.8. The average Bonchev–Trinajstić information content (AvgIpc) is 2.31. The summed E-state index contributed by atoms with van der Waals surface area (Å²) in [5.41, 5.74) is 0.694. The second kappa shape index (κ2) is 6.71. The number of hydrogen-bond acceptors (Lipinski definition) is 3. The highest BCUT2D eigenvalue weighted by Crippen LogP contribution is 2.29. The van der Waals surface area contributed by atoms with E-state index < -0.39 is 16.0 Å². The summed E-state index contributed by atoms with van der Waals surface area (Å²) in [6.45, 7) is 3.82. The van der Waals surface area contributed by atoms with Gasteiger partial charge in [0, 0.05) is 11.0 Å². The molecule has 0 heterocycles. The van der Waals surface area contributed by atoms with E-state index in [1.165, 1.54) is 6.07 Å². The van der Waals surface area contributed by atoms with Crippen molar-refractivity contribution in [2.75, 3.05) is 6.54 Å². The number of aromatic carboxylic acids is 1. The molecule has 0 aliphatic rings. The number of carboxylic acid groups (broad SMARTS) is 1. The van der Waals surface area contributed by atoms with Gasteiger partial charge in [0.2, 0.25) is 10.0 Å². The van der Waals surface area contributed by atoms with Gasteiger partial charge in [-0.2, -0.15) is 0 Å². The molecule has 110 valence electrons. The average molecular weight is 383 g/mol. The molecule has 0 atom stereocenters. The summed E-state index contributed by atoms with van der Waals surface area (Å²) in [6, 6.07) is 2.29. The quantitative estimate of drug-likeness (QED) is 0.767. The Morgan fingerprint density at radius 3 is 2.55 bits per heavy atom. The third kappa shape index (κ3) is 4.31. The lowest BCUT2D eigenvalue weighted by molar-refractivity contribution is 0.0696. The SMILES string of the molecule is CC(C)=CCNS(=O)(=O)c1cc(Br)c(Cl)c(C(=O)O)c1. The van der Waals surface area contributed by atoms with E-state index in [9.17, 15) is 13.2 Å². The normalized spacial score (nSPS) is 11.2. The van der Waals surface area contributed by atoms with Crippen LogP contribution in [-0.4, -0.2) is 26.0 Å². The molecule has 20 heavy (non-hydrogen) atoms. The van der Waals surface area contributed by atoms with Crippen LogP contribution in [-0.2, 0) is 10.0 Å². The van der Waals surface area contributed by atoms with Crippen molar-refractivity contribution in [1.29, 1.82) is 0 Å². The van der Waals surface area contributed by atoms with Gasteiger partial charge >= 0.3 is 5.97 Å². The van der Waals surface area contributed by atoms with Crippen molar-refractivity contribution in [3.8, 4) is 0 Å². The molecule has 8 heteroatoms. The molecule has 0 saturated carbocycles. The highest BCUT2D eigenvalue weighted by Gasteiger charge is 2.20. The molecule has 1 aromatic carbocycles. The van der Waals surface area contributed by atoms with E-state index in [1.807, 2.05) is 13.8 Å². The van der Waals surface area contributed by atoms with E-state index in [4.69, 9.17) is 16.7 Å². The van der Waals surface area contributed by atoms with Gasteiger partial charge in [0.1, 0.15) is 0 Å². The van der Waals surface area contributed by atoms with Crippen LogP contribution in [0.15, 0.2) is 33.2 Å². The first-order chi connectivity index (χ1) is 9.15. The summed E-state index contributed by atoms with van der Waals surface area (Å²) >= 11 is 8.85. The number of carboxylic acids is 1. The van der Waals surface area contributed by atoms with Crippen molar-refractivity contribution >= 4 is 43.5 Å². The maximum Gasteiger partial charge on any atom is 0.337 e. The molecule has 0 aromatic heterocycles. The topological polar surface area (TPSA) is 83.5 Å². The first kappa shape index (κ1) is 17.2. The predicted molar refractivity (Wildman–Crippen MR) is 80.7 cm³/mol. The number of benzene rings is 1. The van der Waals surface area contributed by atoms with Gasteiger partial charge in [0.05, 0.1) is 15.5 Å². The summed E-state index contributed by atoms with van der Waals surface area (Å²) in [6.07, 6.45) is 1.71. The minimum atomic E-state index is -3.80. The monoisotopic (exact) mass is 381 g/mol. The molecular formula is C12H13BrClNO4S. The fourth-order valence-corrected chi connectivity index (χ4v) is 3.13. The molecule has 5 nitrogen and oxygen atoms in total. The van der Waals surface area contributed by atoms with Crippen LogP contribution in [0.3, 0.4) is 0 Å². The van der Waals surface area contributed by atoms with Crippen LogP contribution in [0.4, 0.5) is 0 Å². The number of carbonyl (C=O) groups is 1. The fourth-order valence-electron chi connectivity index (χ4n) is 1.31. The summed E-state index contributed by atoms with van der Waals surface area (Å²) in [4.78, 5) is 10.9. The van der Waals surface area contributed by atoms with Crippen LogP contribution < -0.4 is 4.72 Å². The van der Waals surface area contributed by atoms with E-state index >= 15 is 0 Å². The van der Waals surface area contributed by atoms with E-state index in [1.54, 1.807) is 6.08 Å². The number of rotatable bonds is 5. The number of nitrogens with one attached hydrogen (secondary N) is 1. The number of halogens is 2. The van der Waals surface area contributed by atoms with Crippen molar-refractivity contribution < 1.29 is 18.3 Å². The number of allylic oxidation sites excluding steroid dienone is 1. The van der Waals surface area contributed by atoms with Crippen LogP contribution in [0.1, 0.15) is 24.2 Å². The molecule has 2 N–H and O–H groups in total. The second-order valence-electron chi connectivity index (χ2n) is 4.21. The first-order valence-electron chi connectivity index (χ1n) is 5.50. The zero-order valence-corrected chi connectivity index (χ0v) is 13.9. The Balaban J connectivity index is 3.19. The van der Waals surface area contributed by atoms with Gasteiger partial charge in [-0.1, -0.05) is 23.3 Å². The Labute approximate surface area is 130 Å². The molecule has 0 aliphatic heterocycles. The molecular weight excluding hydrogens is 370 g/mol. The maximum atomic E-state index is 12.1. The Kier molecular flexibility index (Phi) is 5.76. The maximum absolute atomic E-state index is 12.1. The minimum Gasteiger partial charge on any atom is -0.478 e. The van der Waals surface area contributed by atoms with Crippen LogP contribution in [0, 0.1) is 0 Å². The molecule has 0 aliphatic carbocycles. The fraction of sp³-hybridized carbons (Fsp3) is 0.250. The molecule has 0 saturated heterocycles. The Morgan fingerprint density at radius 2 is 2.05 bits per heavy atom. The molecule has 0 unspecified atom stereocenters. The van der Waals surface area contributed by atoms with Crippen LogP contribution >= 0.6 is 27.5 Å². The zero-order chi connectivity index (χ0) is 15.5. The summed E-state index contributed by atoms with van der Waals surface area (Å²) in [7, 11) is -3.80. The standard InChI is InChI=1S/C12H13BrClNO4S/c1-7(2)3-4-15-20(18,19)8-5-9(12(16)17)11(14)10(13)6-8/h3,5-6,15H,4H2,1-2H3,(H,16,17). The van der Waals surface area contributed by atoms with E-state index in [0.29, 0.717) is 0 Å². The number of hydrogen-bond donors (Lipinski definition) is 2. The van der Waals surface area contributed by atoms with Crippen molar-refractivity contribution in [1.82, 2.24) is 4.72 Å². The molecule has 0 bridgehead atoms. The molecule has 0 amide bonds. The number of sulfonamides is 1. The van der Waals surface area contributed by atoms with Crippen molar-refractivity contribution in [2.24, 2.45) is 0 Å². The lowest BCUT2D eigenvalue weighted by atomic mass is 10.2. The van der Waals surface area contributed by atoms with Gasteiger partial charge in [-0.25, -0.2) is 17.9 Å². The van der Waals surface area contributed by atoms with Crippen LogP contribution in [0.25, 0.3) is 0 Å². The van der Waals surface area contributed by atoms with Crippen molar-refractivity contribution in [2.45, 2.75) is 18.7 Å². The highest BCUT2D eigenvalue weighted by atomic mass is 79.9. The summed E-state index contributed by atoms with van der Waals surface area (Å²) in [5, 5.41) is 8.96. The van der Waals surface area contributed by atoms with Gasteiger partial charge in [-0.3, -0.25) is 0 Å². The van der Waals surface area contributed by atoms with Gasteiger partial charge in [0.25, 0.3) is 0 Å². The Hall–Kier alpha value is -0.890. The molecule has 0 fully saturated rings. The summed E-state index contributed by atoms with van der Waals surface area (Å²) < 4.78 is 26.7. The lowest BCUT2D eigenvalue weighted by Gasteiger charge is -2.08. The van der Waals surface area contributed by atoms with E-state index in [0.717, 1.165) is 11.6 Å². The smallest absolute Gasteiger partial charge is 0.337 e. The van der Waals surface area contributed by atoms with E-state index in [2.05, 4.69) is 20.7 Å². The second-order valence-corrected chi connectivity index (χ2v) is 7.20. The third-order valence-corrected chi connectivity index (χ3v) is 4.99. The van der Waals surface area contributed by atoms with Crippen molar-refractivity contribution in [3.63, 3.8) is 0 Å². The third-order valence-electron chi connectivity index (χ3n) is 2.33. The minimum absolute atomic E-state index is 0.0410. The van der Waals surface area contributed by atoms with Gasteiger partial charge in [-0.15, -0.1) is 0 Å². The highest BCUT2D eigenvalue weighted by molar-refractivity contribution is 9.10. The Bertz CT molecular complexity index is 666. The van der Waals surface area contributed by atoms with Gasteiger partial charge < -0.3 is 5.11 Å². The largest absolute Gasteiger partial charge is 0.478 e.